The first-order valence-corrected chi connectivity index (χ1v) is 8.18. The Morgan fingerprint density at radius 2 is 1.83 bits per heavy atom. The zero-order chi connectivity index (χ0) is 16.1. The highest BCUT2D eigenvalue weighted by Gasteiger charge is 2.38. The van der Waals surface area contributed by atoms with Crippen LogP contribution in [0.5, 0.6) is 11.5 Å². The number of nitrogens with two attached hydrogens (primary N) is 1. The van der Waals surface area contributed by atoms with Gasteiger partial charge in [-0.1, -0.05) is 6.07 Å². The van der Waals surface area contributed by atoms with Gasteiger partial charge in [-0.15, -0.1) is 12.4 Å². The van der Waals surface area contributed by atoms with Crippen molar-refractivity contribution in [2.75, 3.05) is 39.5 Å². The number of halogens is 1. The number of amides is 1. The average molecular weight is 357 g/mol. The number of carbonyl (C=O) groups excluding carboxylic acids is 1. The van der Waals surface area contributed by atoms with E-state index in [1.165, 1.54) is 0 Å². The van der Waals surface area contributed by atoms with Crippen molar-refractivity contribution in [1.82, 2.24) is 5.32 Å². The molecule has 0 radical (unpaired) electrons. The summed E-state index contributed by atoms with van der Waals surface area (Å²) in [5, 5.41) is 3.03. The normalized spacial score (nSPS) is 18.4. The van der Waals surface area contributed by atoms with Crippen molar-refractivity contribution in [3.05, 3.63) is 23.8 Å². The molecule has 3 N–H and O–H groups in total. The van der Waals surface area contributed by atoms with Gasteiger partial charge in [-0.2, -0.15) is 0 Å². The van der Waals surface area contributed by atoms with Crippen molar-refractivity contribution in [3.8, 4) is 11.5 Å². The Labute approximate surface area is 148 Å². The summed E-state index contributed by atoms with van der Waals surface area (Å²) in [5.41, 5.74) is 6.50. The fraction of sp³-hybridized carbons (Fsp3) is 0.588. The van der Waals surface area contributed by atoms with Gasteiger partial charge in [-0.3, -0.25) is 4.79 Å². The van der Waals surface area contributed by atoms with Crippen LogP contribution in [0.4, 0.5) is 0 Å². The maximum atomic E-state index is 12.5. The maximum Gasteiger partial charge on any atom is 0.227 e. The minimum absolute atomic E-state index is 0. The van der Waals surface area contributed by atoms with Gasteiger partial charge in [-0.05, 0) is 37.0 Å². The number of nitrogens with one attached hydrogen (secondary N) is 1. The summed E-state index contributed by atoms with van der Waals surface area (Å²) in [6, 6.07) is 5.91. The number of fused-ring (bicyclic) bond motifs is 1. The number of ether oxygens (including phenoxy) is 3. The van der Waals surface area contributed by atoms with Crippen LogP contribution in [0.15, 0.2) is 18.2 Å². The van der Waals surface area contributed by atoms with E-state index in [1.54, 1.807) is 0 Å². The molecule has 1 amide bonds. The fourth-order valence-electron chi connectivity index (χ4n) is 3.04. The van der Waals surface area contributed by atoms with Gasteiger partial charge in [0.15, 0.2) is 11.5 Å². The van der Waals surface area contributed by atoms with Crippen LogP contribution in [0.2, 0.25) is 0 Å². The summed E-state index contributed by atoms with van der Waals surface area (Å²) in [4.78, 5) is 12.5. The molecular weight excluding hydrogens is 332 g/mol. The predicted molar refractivity (Wildman–Crippen MR) is 92.9 cm³/mol. The van der Waals surface area contributed by atoms with Crippen LogP contribution < -0.4 is 20.5 Å². The standard InChI is InChI=1S/C17H24N2O4.ClH/c18-12-17(4-7-21-8-5-17)16(20)19-6-3-13-1-2-14-15(11-13)23-10-9-22-14;/h1-2,11H,3-10,12,18H2,(H,19,20);1H. The smallest absolute Gasteiger partial charge is 0.227 e. The molecule has 1 fully saturated rings. The molecule has 6 nitrogen and oxygen atoms in total. The molecule has 3 rings (SSSR count). The molecule has 1 aromatic carbocycles. The van der Waals surface area contributed by atoms with E-state index in [2.05, 4.69) is 5.32 Å². The summed E-state index contributed by atoms with van der Waals surface area (Å²) in [6.07, 6.45) is 2.14. The molecule has 2 aliphatic heterocycles. The zero-order valence-corrected chi connectivity index (χ0v) is 14.5. The lowest BCUT2D eigenvalue weighted by Gasteiger charge is -2.34. The number of carbonyl (C=O) groups is 1. The van der Waals surface area contributed by atoms with E-state index in [1.807, 2.05) is 18.2 Å². The average Bonchev–Trinajstić information content (AvgIpc) is 2.62. The van der Waals surface area contributed by atoms with Crippen molar-refractivity contribution >= 4 is 18.3 Å². The number of hydrogen-bond acceptors (Lipinski definition) is 5. The molecule has 1 saturated heterocycles. The highest BCUT2D eigenvalue weighted by atomic mass is 35.5. The third kappa shape index (κ3) is 4.12. The van der Waals surface area contributed by atoms with E-state index in [9.17, 15) is 4.79 Å². The fourth-order valence-corrected chi connectivity index (χ4v) is 3.04. The second kappa shape index (κ2) is 8.55. The van der Waals surface area contributed by atoms with Gasteiger partial charge in [0.2, 0.25) is 5.91 Å². The minimum Gasteiger partial charge on any atom is -0.486 e. The van der Waals surface area contributed by atoms with Crippen molar-refractivity contribution in [2.45, 2.75) is 19.3 Å². The third-order valence-corrected chi connectivity index (χ3v) is 4.63. The molecule has 0 spiro atoms. The second-order valence-electron chi connectivity index (χ2n) is 6.08. The van der Waals surface area contributed by atoms with Crippen LogP contribution >= 0.6 is 12.4 Å². The highest BCUT2D eigenvalue weighted by Crippen LogP contribution is 2.31. The monoisotopic (exact) mass is 356 g/mol. The quantitative estimate of drug-likeness (QED) is 0.830. The van der Waals surface area contributed by atoms with Gasteiger partial charge in [0.25, 0.3) is 0 Å². The summed E-state index contributed by atoms with van der Waals surface area (Å²) in [5.74, 6) is 1.61. The van der Waals surface area contributed by atoms with E-state index in [4.69, 9.17) is 19.9 Å². The van der Waals surface area contributed by atoms with Crippen molar-refractivity contribution < 1.29 is 19.0 Å². The second-order valence-corrected chi connectivity index (χ2v) is 6.08. The Morgan fingerprint density at radius 3 is 2.54 bits per heavy atom. The van der Waals surface area contributed by atoms with Crippen molar-refractivity contribution in [1.29, 1.82) is 0 Å². The van der Waals surface area contributed by atoms with E-state index in [0.717, 1.165) is 23.5 Å². The maximum absolute atomic E-state index is 12.5. The summed E-state index contributed by atoms with van der Waals surface area (Å²) < 4.78 is 16.4. The van der Waals surface area contributed by atoms with E-state index < -0.39 is 5.41 Å². The molecule has 24 heavy (non-hydrogen) atoms. The van der Waals surface area contributed by atoms with Gasteiger partial charge in [0.05, 0.1) is 5.41 Å². The van der Waals surface area contributed by atoms with Crippen LogP contribution in [0.3, 0.4) is 0 Å². The molecule has 0 atom stereocenters. The Bertz CT molecular complexity index is 562. The topological polar surface area (TPSA) is 82.8 Å². The van der Waals surface area contributed by atoms with E-state index >= 15 is 0 Å². The first kappa shape index (κ1) is 18.8. The molecule has 0 unspecified atom stereocenters. The SMILES string of the molecule is Cl.NCC1(C(=O)NCCc2ccc3c(c2)OCCO3)CCOCC1. The summed E-state index contributed by atoms with van der Waals surface area (Å²) in [6.45, 7) is 3.33. The van der Waals surface area contributed by atoms with Gasteiger partial charge >= 0.3 is 0 Å². The molecule has 2 aliphatic rings. The third-order valence-electron chi connectivity index (χ3n) is 4.63. The van der Waals surface area contributed by atoms with Crippen LogP contribution in [-0.4, -0.2) is 45.4 Å². The number of benzene rings is 1. The highest BCUT2D eigenvalue weighted by molar-refractivity contribution is 5.85. The molecule has 0 aromatic heterocycles. The Morgan fingerprint density at radius 1 is 1.12 bits per heavy atom. The summed E-state index contributed by atoms with van der Waals surface area (Å²) >= 11 is 0. The Kier molecular flexibility index (Phi) is 6.71. The molecule has 1 aromatic rings. The van der Waals surface area contributed by atoms with Crippen LogP contribution in [0.25, 0.3) is 0 Å². The van der Waals surface area contributed by atoms with E-state index in [-0.39, 0.29) is 18.3 Å². The van der Waals surface area contributed by atoms with Gasteiger partial charge in [0, 0.05) is 26.3 Å². The molecule has 0 aliphatic carbocycles. The lowest BCUT2D eigenvalue weighted by atomic mass is 9.79. The minimum atomic E-state index is -0.467. The van der Waals surface area contributed by atoms with Crippen molar-refractivity contribution in [2.24, 2.45) is 11.1 Å². The molecule has 0 bridgehead atoms. The number of rotatable bonds is 5. The van der Waals surface area contributed by atoms with Crippen molar-refractivity contribution in [3.63, 3.8) is 0 Å². The Hall–Kier alpha value is -1.50. The Balaban J connectivity index is 0.00000208. The van der Waals surface area contributed by atoms with E-state index in [0.29, 0.717) is 52.4 Å². The molecule has 7 heteroatoms. The van der Waals surface area contributed by atoms with Gasteiger partial charge < -0.3 is 25.3 Å². The molecule has 0 saturated carbocycles. The van der Waals surface area contributed by atoms with Gasteiger partial charge in [-0.25, -0.2) is 0 Å². The first-order chi connectivity index (χ1) is 11.2. The predicted octanol–water partition coefficient (Wildman–Crippen LogP) is 1.29. The lowest BCUT2D eigenvalue weighted by Crippen LogP contribution is -2.49. The number of hydrogen-bond donors (Lipinski definition) is 2. The van der Waals surface area contributed by atoms with Crippen LogP contribution in [0, 0.1) is 5.41 Å². The zero-order valence-electron chi connectivity index (χ0n) is 13.7. The molecule has 2 heterocycles. The lowest BCUT2D eigenvalue weighted by molar-refractivity contribution is -0.135. The summed E-state index contributed by atoms with van der Waals surface area (Å²) in [7, 11) is 0. The first-order valence-electron chi connectivity index (χ1n) is 8.18. The van der Waals surface area contributed by atoms with Gasteiger partial charge in [0.1, 0.15) is 13.2 Å². The van der Waals surface area contributed by atoms with Crippen LogP contribution in [0.1, 0.15) is 18.4 Å². The molecule has 134 valence electrons. The largest absolute Gasteiger partial charge is 0.486 e. The molecular formula is C17H25ClN2O4. The van der Waals surface area contributed by atoms with Crippen LogP contribution in [-0.2, 0) is 16.0 Å².